The molecule has 2 rings (SSSR count). The predicted octanol–water partition coefficient (Wildman–Crippen LogP) is 3.82. The van der Waals surface area contributed by atoms with Gasteiger partial charge in [0.05, 0.1) is 6.04 Å². The Morgan fingerprint density at radius 1 is 1.25 bits per heavy atom. The van der Waals surface area contributed by atoms with Crippen LogP contribution in [0.1, 0.15) is 57.1 Å². The lowest BCUT2D eigenvalue weighted by molar-refractivity contribution is 0.279. The third-order valence-electron chi connectivity index (χ3n) is 3.69. The Labute approximate surface area is 98.4 Å². The Bertz CT molecular complexity index is 323. The van der Waals surface area contributed by atoms with E-state index in [0.717, 1.165) is 17.4 Å². The van der Waals surface area contributed by atoms with Crippen LogP contribution in [0.3, 0.4) is 0 Å². The van der Waals surface area contributed by atoms with Crippen LogP contribution in [0.5, 0.6) is 0 Å². The minimum Gasteiger partial charge on any atom is -0.465 e. The van der Waals surface area contributed by atoms with Crippen molar-refractivity contribution >= 4 is 0 Å². The Morgan fingerprint density at radius 3 is 2.50 bits per heavy atom. The van der Waals surface area contributed by atoms with Gasteiger partial charge in [-0.15, -0.1) is 0 Å². The van der Waals surface area contributed by atoms with Gasteiger partial charge < -0.3 is 9.73 Å². The van der Waals surface area contributed by atoms with Crippen molar-refractivity contribution < 1.29 is 4.42 Å². The zero-order valence-corrected chi connectivity index (χ0v) is 10.6. The number of nitrogens with one attached hydrogen (secondary N) is 1. The summed E-state index contributed by atoms with van der Waals surface area (Å²) in [7, 11) is 0. The molecule has 0 aromatic carbocycles. The first-order chi connectivity index (χ1) is 7.65. The van der Waals surface area contributed by atoms with E-state index in [9.17, 15) is 0 Å². The second-order valence-electron chi connectivity index (χ2n) is 5.29. The van der Waals surface area contributed by atoms with Gasteiger partial charge in [0.25, 0.3) is 0 Å². The van der Waals surface area contributed by atoms with Crippen LogP contribution in [0.2, 0.25) is 0 Å². The molecule has 2 nitrogen and oxygen atoms in total. The van der Waals surface area contributed by atoms with Crippen LogP contribution in [0, 0.1) is 12.8 Å². The summed E-state index contributed by atoms with van der Waals surface area (Å²) in [6.07, 6.45) is 5.35. The number of furan rings is 1. The van der Waals surface area contributed by atoms with Crippen LogP contribution in [-0.2, 0) is 0 Å². The van der Waals surface area contributed by atoms with Crippen LogP contribution in [0.25, 0.3) is 0 Å². The molecule has 0 radical (unpaired) electrons. The number of hydrogen-bond acceptors (Lipinski definition) is 2. The molecule has 2 heteroatoms. The molecule has 1 atom stereocenters. The maximum Gasteiger partial charge on any atom is 0.120 e. The first-order valence-electron chi connectivity index (χ1n) is 6.47. The first kappa shape index (κ1) is 11.7. The maximum absolute atomic E-state index is 5.65. The second-order valence-corrected chi connectivity index (χ2v) is 5.29. The molecule has 0 amide bonds. The third-order valence-corrected chi connectivity index (χ3v) is 3.69. The smallest absolute Gasteiger partial charge is 0.120 e. The average molecular weight is 221 g/mol. The fourth-order valence-corrected chi connectivity index (χ4v) is 2.55. The van der Waals surface area contributed by atoms with Crippen LogP contribution < -0.4 is 5.32 Å². The lowest BCUT2D eigenvalue weighted by Crippen LogP contribution is -2.34. The van der Waals surface area contributed by atoms with E-state index in [4.69, 9.17) is 4.42 Å². The van der Waals surface area contributed by atoms with Gasteiger partial charge in [-0.05, 0) is 57.6 Å². The minimum atomic E-state index is 0.340. The quantitative estimate of drug-likeness (QED) is 0.839. The van der Waals surface area contributed by atoms with Crippen LogP contribution in [0.15, 0.2) is 16.5 Å². The molecular formula is C14H23NO. The van der Waals surface area contributed by atoms with Crippen LogP contribution in [-0.4, -0.2) is 6.04 Å². The van der Waals surface area contributed by atoms with Crippen LogP contribution >= 0.6 is 0 Å². The SMILES string of the molecule is Cc1ccc(C(C)NC2CCC(C)CC2)o1. The third kappa shape index (κ3) is 2.88. The highest BCUT2D eigenvalue weighted by Crippen LogP contribution is 2.26. The van der Waals surface area contributed by atoms with Crippen molar-refractivity contribution in [3.63, 3.8) is 0 Å². The van der Waals surface area contributed by atoms with Gasteiger partial charge >= 0.3 is 0 Å². The topological polar surface area (TPSA) is 25.2 Å². The molecule has 16 heavy (non-hydrogen) atoms. The van der Waals surface area contributed by atoms with E-state index in [0.29, 0.717) is 12.1 Å². The van der Waals surface area contributed by atoms with Crippen molar-refractivity contribution in [2.75, 3.05) is 0 Å². The Balaban J connectivity index is 1.85. The number of rotatable bonds is 3. The van der Waals surface area contributed by atoms with Crippen molar-refractivity contribution in [1.82, 2.24) is 5.32 Å². The van der Waals surface area contributed by atoms with Gasteiger partial charge in [-0.25, -0.2) is 0 Å². The Kier molecular flexibility index (Phi) is 3.70. The fraction of sp³-hybridized carbons (Fsp3) is 0.714. The molecule has 1 aliphatic rings. The summed E-state index contributed by atoms with van der Waals surface area (Å²) in [5.41, 5.74) is 0. The number of aryl methyl sites for hydroxylation is 1. The van der Waals surface area contributed by atoms with Gasteiger partial charge in [0.15, 0.2) is 0 Å². The minimum absolute atomic E-state index is 0.340. The van der Waals surface area contributed by atoms with Gasteiger partial charge in [-0.2, -0.15) is 0 Å². The summed E-state index contributed by atoms with van der Waals surface area (Å²) in [6, 6.07) is 5.14. The summed E-state index contributed by atoms with van der Waals surface area (Å²) in [5, 5.41) is 3.68. The van der Waals surface area contributed by atoms with E-state index in [1.165, 1.54) is 25.7 Å². The van der Waals surface area contributed by atoms with E-state index >= 15 is 0 Å². The largest absolute Gasteiger partial charge is 0.465 e. The molecule has 0 spiro atoms. The van der Waals surface area contributed by atoms with Crippen molar-refractivity contribution in [2.24, 2.45) is 5.92 Å². The van der Waals surface area contributed by atoms with E-state index in [2.05, 4.69) is 25.2 Å². The summed E-state index contributed by atoms with van der Waals surface area (Å²) in [6.45, 7) is 6.55. The van der Waals surface area contributed by atoms with Gasteiger partial charge in [-0.3, -0.25) is 0 Å². The highest BCUT2D eigenvalue weighted by Gasteiger charge is 2.20. The van der Waals surface area contributed by atoms with Gasteiger partial charge in [0.1, 0.15) is 11.5 Å². The summed E-state index contributed by atoms with van der Waals surface area (Å²) < 4.78 is 5.65. The maximum atomic E-state index is 5.65. The Hall–Kier alpha value is -0.760. The van der Waals surface area contributed by atoms with Crippen molar-refractivity contribution in [2.45, 2.75) is 58.5 Å². The number of hydrogen-bond donors (Lipinski definition) is 1. The van der Waals surface area contributed by atoms with Gasteiger partial charge in [0, 0.05) is 6.04 Å². The Morgan fingerprint density at radius 2 is 1.94 bits per heavy atom. The average Bonchev–Trinajstić information content (AvgIpc) is 2.68. The van der Waals surface area contributed by atoms with E-state index < -0.39 is 0 Å². The molecule has 1 aromatic heterocycles. The van der Waals surface area contributed by atoms with E-state index in [1.807, 2.05) is 13.0 Å². The van der Waals surface area contributed by atoms with Crippen molar-refractivity contribution in [3.05, 3.63) is 23.7 Å². The fourth-order valence-electron chi connectivity index (χ4n) is 2.55. The predicted molar refractivity (Wildman–Crippen MR) is 66.4 cm³/mol. The van der Waals surface area contributed by atoms with Crippen molar-refractivity contribution in [3.8, 4) is 0 Å². The molecular weight excluding hydrogens is 198 g/mol. The standard InChI is InChI=1S/C14H23NO/c1-10-4-7-13(8-5-10)15-12(3)14-9-6-11(2)16-14/h6,9-10,12-13,15H,4-5,7-8H2,1-3H3. The lowest BCUT2D eigenvalue weighted by Gasteiger charge is -2.29. The van der Waals surface area contributed by atoms with Crippen molar-refractivity contribution in [1.29, 1.82) is 0 Å². The highest BCUT2D eigenvalue weighted by atomic mass is 16.3. The molecule has 1 heterocycles. The molecule has 1 saturated carbocycles. The van der Waals surface area contributed by atoms with Crippen LogP contribution in [0.4, 0.5) is 0 Å². The summed E-state index contributed by atoms with van der Waals surface area (Å²) >= 11 is 0. The molecule has 0 bridgehead atoms. The lowest BCUT2D eigenvalue weighted by atomic mass is 9.87. The monoisotopic (exact) mass is 221 g/mol. The highest BCUT2D eigenvalue weighted by molar-refractivity contribution is 5.09. The molecule has 1 unspecified atom stereocenters. The van der Waals surface area contributed by atoms with Gasteiger partial charge in [0.2, 0.25) is 0 Å². The second kappa shape index (κ2) is 5.05. The normalized spacial score (nSPS) is 27.9. The molecule has 1 fully saturated rings. The zero-order chi connectivity index (χ0) is 11.5. The van der Waals surface area contributed by atoms with E-state index in [-0.39, 0.29) is 0 Å². The molecule has 1 aromatic rings. The zero-order valence-electron chi connectivity index (χ0n) is 10.6. The molecule has 0 saturated heterocycles. The molecule has 90 valence electrons. The molecule has 0 aliphatic heterocycles. The van der Waals surface area contributed by atoms with E-state index in [1.54, 1.807) is 0 Å². The van der Waals surface area contributed by atoms with Gasteiger partial charge in [-0.1, -0.05) is 6.92 Å². The summed E-state index contributed by atoms with van der Waals surface area (Å²) in [4.78, 5) is 0. The molecule has 1 aliphatic carbocycles. The summed E-state index contributed by atoms with van der Waals surface area (Å²) in [5.74, 6) is 2.98. The molecule has 1 N–H and O–H groups in total. The first-order valence-corrected chi connectivity index (χ1v) is 6.47.